The minimum absolute atomic E-state index is 0.165. The maximum atomic E-state index is 11.4. The van der Waals surface area contributed by atoms with Crippen molar-refractivity contribution in [2.75, 3.05) is 7.11 Å². The fourth-order valence-corrected chi connectivity index (χ4v) is 2.71. The summed E-state index contributed by atoms with van der Waals surface area (Å²) in [4.78, 5) is 11.4. The van der Waals surface area contributed by atoms with Crippen molar-refractivity contribution in [3.63, 3.8) is 0 Å². The zero-order valence-electron chi connectivity index (χ0n) is 11.4. The number of esters is 1. The van der Waals surface area contributed by atoms with Crippen LogP contribution in [0, 0.1) is 0 Å². The van der Waals surface area contributed by atoms with Crippen LogP contribution in [0.1, 0.15) is 12.0 Å². The van der Waals surface area contributed by atoms with Gasteiger partial charge in [-0.25, -0.2) is 0 Å². The third-order valence-electron chi connectivity index (χ3n) is 3.69. The number of carbonyl (C=O) groups is 1. The number of methoxy groups -OCH3 is 1. The van der Waals surface area contributed by atoms with Crippen LogP contribution in [0.4, 0.5) is 0 Å². The molecule has 0 aromatic heterocycles. The Balaban J connectivity index is 2.20. The molecule has 0 fully saturated rings. The highest BCUT2D eigenvalue weighted by molar-refractivity contribution is 6.02. The zero-order chi connectivity index (χ0) is 13.9. The van der Waals surface area contributed by atoms with Crippen molar-refractivity contribution in [3.8, 4) is 0 Å². The molecule has 0 saturated carbocycles. The predicted octanol–water partition coefficient (Wildman–Crippen LogP) is 4.10. The lowest BCUT2D eigenvalue weighted by atomic mass is 9.94. The molecule has 0 radical (unpaired) electrons. The average molecular weight is 264 g/mol. The maximum Gasteiger partial charge on any atom is 0.305 e. The quantitative estimate of drug-likeness (QED) is 0.526. The van der Waals surface area contributed by atoms with E-state index in [1.54, 1.807) is 0 Å². The van der Waals surface area contributed by atoms with Crippen molar-refractivity contribution in [3.05, 3.63) is 60.2 Å². The van der Waals surface area contributed by atoms with E-state index in [9.17, 15) is 4.79 Å². The van der Waals surface area contributed by atoms with Crippen LogP contribution >= 0.6 is 0 Å². The third kappa shape index (κ3) is 2.25. The summed E-state index contributed by atoms with van der Waals surface area (Å²) < 4.78 is 4.76. The molecule has 0 aliphatic heterocycles. The van der Waals surface area contributed by atoms with E-state index in [1.807, 2.05) is 24.3 Å². The number of carbonyl (C=O) groups excluding carboxylic acids is 1. The van der Waals surface area contributed by atoms with Crippen molar-refractivity contribution in [2.45, 2.75) is 12.8 Å². The molecule has 20 heavy (non-hydrogen) atoms. The molecule has 100 valence electrons. The predicted molar refractivity (Wildman–Crippen MR) is 81.8 cm³/mol. The molecule has 0 amide bonds. The fraction of sp³-hybridized carbons (Fsp3) is 0.167. The van der Waals surface area contributed by atoms with Gasteiger partial charge in [-0.1, -0.05) is 48.5 Å². The number of hydrogen-bond acceptors (Lipinski definition) is 2. The number of fused-ring (bicyclic) bond motifs is 2. The number of hydrogen-bond donors (Lipinski definition) is 0. The number of aryl methyl sites for hydroxylation is 1. The number of rotatable bonds is 3. The maximum absolute atomic E-state index is 11.4. The molecular weight excluding hydrogens is 248 g/mol. The molecular formula is C18H16O2. The van der Waals surface area contributed by atoms with Gasteiger partial charge in [0.15, 0.2) is 0 Å². The van der Waals surface area contributed by atoms with Gasteiger partial charge in [0, 0.05) is 6.42 Å². The van der Waals surface area contributed by atoms with Gasteiger partial charge in [-0.05, 0) is 39.6 Å². The first-order chi connectivity index (χ1) is 9.79. The van der Waals surface area contributed by atoms with Crippen molar-refractivity contribution < 1.29 is 9.53 Å². The smallest absolute Gasteiger partial charge is 0.305 e. The van der Waals surface area contributed by atoms with Crippen LogP contribution in [0.5, 0.6) is 0 Å². The molecule has 2 heteroatoms. The molecule has 0 atom stereocenters. The second kappa shape index (κ2) is 5.33. The molecule has 3 aromatic rings. The first-order valence-corrected chi connectivity index (χ1v) is 6.76. The second-order valence-electron chi connectivity index (χ2n) is 4.87. The minimum Gasteiger partial charge on any atom is -0.469 e. The van der Waals surface area contributed by atoms with Crippen LogP contribution in [-0.2, 0) is 16.0 Å². The number of benzene rings is 3. The van der Waals surface area contributed by atoms with Gasteiger partial charge in [-0.15, -0.1) is 0 Å². The Labute approximate surface area is 118 Å². The summed E-state index contributed by atoms with van der Waals surface area (Å²) in [5.41, 5.74) is 1.23. The monoisotopic (exact) mass is 264 g/mol. The van der Waals surface area contributed by atoms with Crippen LogP contribution < -0.4 is 0 Å². The van der Waals surface area contributed by atoms with Crippen LogP contribution in [-0.4, -0.2) is 13.1 Å². The molecule has 0 aliphatic carbocycles. The van der Waals surface area contributed by atoms with E-state index >= 15 is 0 Å². The van der Waals surface area contributed by atoms with E-state index in [0.717, 1.165) is 0 Å². The lowest BCUT2D eigenvalue weighted by molar-refractivity contribution is -0.140. The van der Waals surface area contributed by atoms with E-state index in [0.29, 0.717) is 12.8 Å². The van der Waals surface area contributed by atoms with Gasteiger partial charge in [0.05, 0.1) is 7.11 Å². The molecule has 3 aromatic carbocycles. The van der Waals surface area contributed by atoms with Crippen molar-refractivity contribution in [1.29, 1.82) is 0 Å². The Morgan fingerprint density at radius 3 is 2.05 bits per heavy atom. The summed E-state index contributed by atoms with van der Waals surface area (Å²) in [6.45, 7) is 0. The van der Waals surface area contributed by atoms with Crippen LogP contribution in [0.15, 0.2) is 54.6 Å². The summed E-state index contributed by atoms with van der Waals surface area (Å²) in [7, 11) is 1.43. The minimum atomic E-state index is -0.165. The lowest BCUT2D eigenvalue weighted by Crippen LogP contribution is -2.02. The molecule has 0 bridgehead atoms. The highest BCUT2D eigenvalue weighted by Gasteiger charge is 2.09. The van der Waals surface area contributed by atoms with Crippen LogP contribution in [0.3, 0.4) is 0 Å². The first kappa shape index (κ1) is 12.7. The average Bonchev–Trinajstić information content (AvgIpc) is 2.51. The zero-order valence-corrected chi connectivity index (χ0v) is 11.4. The highest BCUT2D eigenvalue weighted by Crippen LogP contribution is 2.29. The SMILES string of the molecule is COC(=O)CCc1c2ccccc2cc2ccccc12. The van der Waals surface area contributed by atoms with Gasteiger partial charge < -0.3 is 4.74 Å². The fourth-order valence-electron chi connectivity index (χ4n) is 2.71. The van der Waals surface area contributed by atoms with E-state index in [4.69, 9.17) is 4.74 Å². The Bertz CT molecular complexity index is 721. The summed E-state index contributed by atoms with van der Waals surface area (Å²) in [6, 6.07) is 18.8. The van der Waals surface area contributed by atoms with Crippen molar-refractivity contribution in [1.82, 2.24) is 0 Å². The van der Waals surface area contributed by atoms with Gasteiger partial charge in [-0.3, -0.25) is 4.79 Å². The van der Waals surface area contributed by atoms with E-state index in [1.165, 1.54) is 34.2 Å². The lowest BCUT2D eigenvalue weighted by Gasteiger charge is -2.11. The van der Waals surface area contributed by atoms with Crippen LogP contribution in [0.2, 0.25) is 0 Å². The van der Waals surface area contributed by atoms with Gasteiger partial charge in [0.2, 0.25) is 0 Å². The standard InChI is InChI=1S/C18H16O2/c1-20-18(19)11-10-17-15-8-4-2-6-13(15)12-14-7-3-5-9-16(14)17/h2-9,12H,10-11H2,1H3. The van der Waals surface area contributed by atoms with Crippen molar-refractivity contribution in [2.24, 2.45) is 0 Å². The molecule has 0 N–H and O–H groups in total. The van der Waals surface area contributed by atoms with Gasteiger partial charge in [0.25, 0.3) is 0 Å². The first-order valence-electron chi connectivity index (χ1n) is 6.76. The molecule has 3 rings (SSSR count). The summed E-state index contributed by atoms with van der Waals surface area (Å²) in [5.74, 6) is -0.165. The molecule has 2 nitrogen and oxygen atoms in total. The Morgan fingerprint density at radius 2 is 1.50 bits per heavy atom. The Kier molecular flexibility index (Phi) is 3.38. The second-order valence-corrected chi connectivity index (χ2v) is 4.87. The Morgan fingerprint density at radius 1 is 0.950 bits per heavy atom. The number of ether oxygens (including phenoxy) is 1. The van der Waals surface area contributed by atoms with Crippen LogP contribution in [0.25, 0.3) is 21.5 Å². The molecule has 0 heterocycles. The van der Waals surface area contributed by atoms with Gasteiger partial charge >= 0.3 is 5.97 Å². The molecule has 0 unspecified atom stereocenters. The highest BCUT2D eigenvalue weighted by atomic mass is 16.5. The normalized spacial score (nSPS) is 10.8. The summed E-state index contributed by atoms with van der Waals surface area (Å²) in [6.07, 6.45) is 1.11. The van der Waals surface area contributed by atoms with Crippen molar-refractivity contribution >= 4 is 27.5 Å². The van der Waals surface area contributed by atoms with Gasteiger partial charge in [-0.2, -0.15) is 0 Å². The Hall–Kier alpha value is -2.35. The third-order valence-corrected chi connectivity index (χ3v) is 3.69. The summed E-state index contributed by atoms with van der Waals surface area (Å²) >= 11 is 0. The van der Waals surface area contributed by atoms with E-state index in [2.05, 4.69) is 30.3 Å². The molecule has 0 spiro atoms. The topological polar surface area (TPSA) is 26.3 Å². The largest absolute Gasteiger partial charge is 0.469 e. The molecule has 0 saturated heterocycles. The summed E-state index contributed by atoms with van der Waals surface area (Å²) in [5, 5.41) is 4.86. The van der Waals surface area contributed by atoms with Gasteiger partial charge in [0.1, 0.15) is 0 Å². The van der Waals surface area contributed by atoms with E-state index < -0.39 is 0 Å². The van der Waals surface area contributed by atoms with E-state index in [-0.39, 0.29) is 5.97 Å². The molecule has 0 aliphatic rings.